The Morgan fingerprint density at radius 3 is 2.04 bits per heavy atom. The molecule has 0 aliphatic rings. The van der Waals surface area contributed by atoms with Crippen molar-refractivity contribution in [2.24, 2.45) is 5.73 Å². The van der Waals surface area contributed by atoms with Gasteiger partial charge in [0.05, 0.1) is 0 Å². The third-order valence-electron chi connectivity index (χ3n) is 3.19. The fraction of sp³-hybridized carbons (Fsp3) is 0.167. The minimum absolute atomic E-state index is 0.00256. The molecule has 0 fully saturated rings. The first-order valence-corrected chi connectivity index (χ1v) is 7.99. The molecule has 2 aromatic rings. The molecule has 0 bridgehead atoms. The number of hydrogen-bond acceptors (Lipinski definition) is 3. The first-order chi connectivity index (χ1) is 12.3. The quantitative estimate of drug-likeness (QED) is 0.566. The van der Waals surface area contributed by atoms with Crippen molar-refractivity contribution in [2.75, 3.05) is 16.0 Å². The summed E-state index contributed by atoms with van der Waals surface area (Å²) in [6, 6.07) is 12.1. The molecule has 0 radical (unpaired) electrons. The maximum absolute atomic E-state index is 12.4. The van der Waals surface area contributed by atoms with Crippen LogP contribution in [0.5, 0.6) is 0 Å². The van der Waals surface area contributed by atoms with Crippen LogP contribution < -0.4 is 27.0 Å². The summed E-state index contributed by atoms with van der Waals surface area (Å²) in [7, 11) is 0. The third-order valence-corrected chi connectivity index (χ3v) is 3.19. The standard InChI is InChI=1S/C18H21N5O3/c1-11(2)20-18(26)23-13-6-3-5-12(9-13)16(24)21-14-7-4-8-15(10-14)22-17(19)25/h3-11H,1-2H3,(H,21,24)(H3,19,22,25)(H2,20,23,26). The van der Waals surface area contributed by atoms with E-state index in [1.165, 1.54) is 0 Å². The van der Waals surface area contributed by atoms with E-state index in [1.807, 2.05) is 13.8 Å². The number of anilines is 3. The van der Waals surface area contributed by atoms with Crippen molar-refractivity contribution in [3.63, 3.8) is 0 Å². The van der Waals surface area contributed by atoms with Gasteiger partial charge in [-0.2, -0.15) is 0 Å². The van der Waals surface area contributed by atoms with Gasteiger partial charge in [0.25, 0.3) is 5.91 Å². The first kappa shape index (κ1) is 18.8. The van der Waals surface area contributed by atoms with Crippen LogP contribution in [0, 0.1) is 0 Å². The molecule has 0 atom stereocenters. The Kier molecular flexibility index (Phi) is 6.15. The van der Waals surface area contributed by atoms with Gasteiger partial charge in [-0.1, -0.05) is 12.1 Å². The summed E-state index contributed by atoms with van der Waals surface area (Å²) >= 11 is 0. The molecule has 0 saturated heterocycles. The molecule has 0 aliphatic heterocycles. The van der Waals surface area contributed by atoms with Crippen molar-refractivity contribution in [1.82, 2.24) is 5.32 Å². The van der Waals surface area contributed by atoms with E-state index < -0.39 is 6.03 Å². The molecule has 6 N–H and O–H groups in total. The molecule has 8 heteroatoms. The van der Waals surface area contributed by atoms with Gasteiger partial charge in [-0.25, -0.2) is 9.59 Å². The maximum atomic E-state index is 12.4. The van der Waals surface area contributed by atoms with E-state index >= 15 is 0 Å². The molecule has 136 valence electrons. The van der Waals surface area contributed by atoms with E-state index in [0.29, 0.717) is 22.6 Å². The molecule has 0 aliphatic carbocycles. The van der Waals surface area contributed by atoms with Crippen LogP contribution in [0.2, 0.25) is 0 Å². The van der Waals surface area contributed by atoms with Crippen molar-refractivity contribution >= 4 is 35.0 Å². The van der Waals surface area contributed by atoms with Crippen LogP contribution in [0.4, 0.5) is 26.7 Å². The fourth-order valence-electron chi connectivity index (χ4n) is 2.19. The molecule has 8 nitrogen and oxygen atoms in total. The second kappa shape index (κ2) is 8.52. The second-order valence-corrected chi connectivity index (χ2v) is 5.86. The van der Waals surface area contributed by atoms with Crippen molar-refractivity contribution < 1.29 is 14.4 Å². The van der Waals surface area contributed by atoms with Crippen molar-refractivity contribution in [2.45, 2.75) is 19.9 Å². The Balaban J connectivity index is 2.07. The highest BCUT2D eigenvalue weighted by atomic mass is 16.2. The number of rotatable bonds is 5. The summed E-state index contributed by atoms with van der Waals surface area (Å²) in [5.41, 5.74) is 6.92. The number of carbonyl (C=O) groups excluding carboxylic acids is 3. The molecule has 2 rings (SSSR count). The zero-order chi connectivity index (χ0) is 19.1. The normalized spacial score (nSPS) is 10.1. The average molecular weight is 355 g/mol. The monoisotopic (exact) mass is 355 g/mol. The summed E-state index contributed by atoms with van der Waals surface area (Å²) < 4.78 is 0. The van der Waals surface area contributed by atoms with Gasteiger partial charge in [0, 0.05) is 28.7 Å². The van der Waals surface area contributed by atoms with E-state index in [9.17, 15) is 14.4 Å². The molecule has 0 aromatic heterocycles. The summed E-state index contributed by atoms with van der Waals surface area (Å²) in [6.07, 6.45) is 0. The van der Waals surface area contributed by atoms with Crippen LogP contribution in [-0.2, 0) is 0 Å². The van der Waals surface area contributed by atoms with Gasteiger partial charge in [0.2, 0.25) is 0 Å². The van der Waals surface area contributed by atoms with E-state index in [1.54, 1.807) is 48.5 Å². The van der Waals surface area contributed by atoms with Crippen molar-refractivity contribution in [1.29, 1.82) is 0 Å². The third kappa shape index (κ3) is 5.82. The highest BCUT2D eigenvalue weighted by Gasteiger charge is 2.09. The molecular weight excluding hydrogens is 334 g/mol. The summed E-state index contributed by atoms with van der Waals surface area (Å²) in [4.78, 5) is 35.1. The number of nitrogens with two attached hydrogens (primary N) is 1. The Hall–Kier alpha value is -3.55. The molecule has 26 heavy (non-hydrogen) atoms. The van der Waals surface area contributed by atoms with Gasteiger partial charge in [-0.15, -0.1) is 0 Å². The lowest BCUT2D eigenvalue weighted by atomic mass is 10.1. The lowest BCUT2D eigenvalue weighted by Crippen LogP contribution is -2.34. The fourth-order valence-corrected chi connectivity index (χ4v) is 2.19. The topological polar surface area (TPSA) is 125 Å². The summed E-state index contributed by atoms with van der Waals surface area (Å²) in [5, 5.41) is 10.5. The van der Waals surface area contributed by atoms with Gasteiger partial charge in [-0.05, 0) is 50.2 Å². The number of carbonyl (C=O) groups is 3. The lowest BCUT2D eigenvalue weighted by molar-refractivity contribution is 0.102. The Bertz CT molecular complexity index is 820. The number of urea groups is 2. The number of benzene rings is 2. The number of nitrogens with one attached hydrogen (secondary N) is 4. The number of amides is 5. The van der Waals surface area contributed by atoms with E-state index in [4.69, 9.17) is 5.73 Å². The molecule has 0 spiro atoms. The zero-order valence-corrected chi connectivity index (χ0v) is 14.5. The minimum atomic E-state index is -0.688. The highest BCUT2D eigenvalue weighted by Crippen LogP contribution is 2.17. The highest BCUT2D eigenvalue weighted by molar-refractivity contribution is 6.05. The van der Waals surface area contributed by atoms with E-state index in [2.05, 4.69) is 21.3 Å². The average Bonchev–Trinajstić information content (AvgIpc) is 2.54. The molecule has 0 heterocycles. The van der Waals surface area contributed by atoms with Crippen LogP contribution in [0.25, 0.3) is 0 Å². The first-order valence-electron chi connectivity index (χ1n) is 7.99. The summed E-state index contributed by atoms with van der Waals surface area (Å²) in [6.45, 7) is 3.70. The lowest BCUT2D eigenvalue weighted by Gasteiger charge is -2.11. The van der Waals surface area contributed by atoms with Crippen molar-refractivity contribution in [3.05, 3.63) is 54.1 Å². The predicted octanol–water partition coefficient (Wildman–Crippen LogP) is 2.96. The van der Waals surface area contributed by atoms with Crippen molar-refractivity contribution in [3.8, 4) is 0 Å². The van der Waals surface area contributed by atoms with Crippen LogP contribution >= 0.6 is 0 Å². The van der Waals surface area contributed by atoms with Gasteiger partial charge in [-0.3, -0.25) is 4.79 Å². The molecule has 0 saturated carbocycles. The van der Waals surface area contributed by atoms with Crippen LogP contribution in [-0.4, -0.2) is 24.0 Å². The largest absolute Gasteiger partial charge is 0.351 e. The Morgan fingerprint density at radius 2 is 1.42 bits per heavy atom. The van der Waals surface area contributed by atoms with Gasteiger partial charge in [0.1, 0.15) is 0 Å². The van der Waals surface area contributed by atoms with Gasteiger partial charge >= 0.3 is 12.1 Å². The zero-order valence-electron chi connectivity index (χ0n) is 14.5. The molecule has 5 amide bonds. The number of primary amides is 1. The molecule has 0 unspecified atom stereocenters. The smallest absolute Gasteiger partial charge is 0.319 e. The Labute approximate surface area is 151 Å². The van der Waals surface area contributed by atoms with Crippen LogP contribution in [0.15, 0.2) is 48.5 Å². The maximum Gasteiger partial charge on any atom is 0.319 e. The Morgan fingerprint density at radius 1 is 0.846 bits per heavy atom. The van der Waals surface area contributed by atoms with Crippen LogP contribution in [0.1, 0.15) is 24.2 Å². The molecule has 2 aromatic carbocycles. The SMILES string of the molecule is CC(C)NC(=O)Nc1cccc(C(=O)Nc2cccc(NC(N)=O)c2)c1. The van der Waals surface area contributed by atoms with E-state index in [-0.39, 0.29) is 18.0 Å². The second-order valence-electron chi connectivity index (χ2n) is 5.86. The predicted molar refractivity (Wildman–Crippen MR) is 101 cm³/mol. The molecular formula is C18H21N5O3. The number of hydrogen-bond donors (Lipinski definition) is 5. The van der Waals surface area contributed by atoms with E-state index in [0.717, 1.165) is 0 Å². The minimum Gasteiger partial charge on any atom is -0.351 e. The summed E-state index contributed by atoms with van der Waals surface area (Å²) in [5.74, 6) is -0.353. The van der Waals surface area contributed by atoms with Crippen LogP contribution in [0.3, 0.4) is 0 Å². The van der Waals surface area contributed by atoms with Gasteiger partial charge < -0.3 is 27.0 Å². The van der Waals surface area contributed by atoms with Gasteiger partial charge in [0.15, 0.2) is 0 Å².